The third kappa shape index (κ3) is 6.11. The minimum absolute atomic E-state index is 0.407. The number of para-hydroxylation sites is 1. The molecule has 0 amide bonds. The summed E-state index contributed by atoms with van der Waals surface area (Å²) in [7, 11) is 0. The molecule has 10 aromatic rings. The maximum absolute atomic E-state index is 6.56. The largest absolute Gasteiger partial charge is 0.456 e. The summed E-state index contributed by atoms with van der Waals surface area (Å²) in [5, 5.41) is 4.30. The highest BCUT2D eigenvalue weighted by molar-refractivity contribution is 6.17. The lowest BCUT2D eigenvalue weighted by Crippen LogP contribution is -2.16. The predicted octanol–water partition coefficient (Wildman–Crippen LogP) is 12.8. The summed E-state index contributed by atoms with van der Waals surface area (Å²) >= 11 is 0. The molecule has 266 valence electrons. The molecule has 0 spiro atoms. The average molecular weight is 722 g/mol. The molecule has 5 heteroatoms. The molecule has 0 radical (unpaired) electrons. The molecule has 2 heterocycles. The van der Waals surface area contributed by atoms with E-state index in [1.54, 1.807) is 0 Å². The van der Waals surface area contributed by atoms with E-state index in [-0.39, 0.29) is 0 Å². The molecule has 0 atom stereocenters. The van der Waals surface area contributed by atoms with Gasteiger partial charge in [0.05, 0.1) is 6.54 Å². The van der Waals surface area contributed by atoms with Crippen LogP contribution in [0.4, 0.5) is 0 Å². The van der Waals surface area contributed by atoms with E-state index in [4.69, 9.17) is 24.6 Å². The monoisotopic (exact) mass is 721 g/mol. The van der Waals surface area contributed by atoms with Crippen LogP contribution in [0, 0.1) is 0 Å². The SMILES string of the molecule is N/C(=N\C(=N/Cc1ccc2c(c1)oc1cccc(-c3cc(-c4cccc(-c5ccccc5)c4)c4c(c3)oc3ccccc34)c12)c1ccccc1)c1ccccc1. The molecule has 2 N–H and O–H groups in total. The zero-order valence-electron chi connectivity index (χ0n) is 30.4. The lowest BCUT2D eigenvalue weighted by molar-refractivity contribution is 0.668. The second kappa shape index (κ2) is 14.0. The van der Waals surface area contributed by atoms with Crippen molar-refractivity contribution >= 4 is 55.5 Å². The van der Waals surface area contributed by atoms with Crippen molar-refractivity contribution in [2.45, 2.75) is 6.54 Å². The fraction of sp³-hybridized carbons (Fsp3) is 0.0196. The van der Waals surface area contributed by atoms with Crippen molar-refractivity contribution in [2.24, 2.45) is 15.7 Å². The van der Waals surface area contributed by atoms with Gasteiger partial charge < -0.3 is 14.6 Å². The van der Waals surface area contributed by atoms with Crippen molar-refractivity contribution in [1.82, 2.24) is 0 Å². The predicted molar refractivity (Wildman–Crippen MR) is 231 cm³/mol. The average Bonchev–Trinajstić information content (AvgIpc) is 3.84. The number of fused-ring (bicyclic) bond motifs is 6. The molecular weight excluding hydrogens is 687 g/mol. The second-order valence-corrected chi connectivity index (χ2v) is 13.9. The molecule has 0 aliphatic carbocycles. The first kappa shape index (κ1) is 33.1. The molecule has 56 heavy (non-hydrogen) atoms. The van der Waals surface area contributed by atoms with Gasteiger partial charge in [0.2, 0.25) is 0 Å². The molecule has 0 fully saturated rings. The number of amidine groups is 2. The minimum Gasteiger partial charge on any atom is -0.456 e. The molecule has 8 aromatic carbocycles. The number of nitrogens with zero attached hydrogens (tertiary/aromatic N) is 2. The van der Waals surface area contributed by atoms with Crippen LogP contribution >= 0.6 is 0 Å². The van der Waals surface area contributed by atoms with E-state index < -0.39 is 0 Å². The van der Waals surface area contributed by atoms with E-state index in [0.29, 0.717) is 18.2 Å². The second-order valence-electron chi connectivity index (χ2n) is 13.9. The zero-order chi connectivity index (χ0) is 37.4. The first-order chi connectivity index (χ1) is 27.7. The molecule has 0 saturated carbocycles. The Morgan fingerprint density at radius 2 is 1.05 bits per heavy atom. The number of nitrogens with two attached hydrogens (primary N) is 1. The van der Waals surface area contributed by atoms with Gasteiger partial charge in [-0.3, -0.25) is 4.99 Å². The topological polar surface area (TPSA) is 77.0 Å². The Bertz CT molecular complexity index is 3100. The molecule has 5 nitrogen and oxygen atoms in total. The summed E-state index contributed by atoms with van der Waals surface area (Å²) in [5.41, 5.74) is 19.3. The van der Waals surface area contributed by atoms with Crippen LogP contribution in [-0.2, 0) is 6.54 Å². The summed E-state index contributed by atoms with van der Waals surface area (Å²) in [6.07, 6.45) is 0. The summed E-state index contributed by atoms with van der Waals surface area (Å²) in [6.45, 7) is 0.407. The normalized spacial score (nSPS) is 12.3. The van der Waals surface area contributed by atoms with E-state index in [1.165, 1.54) is 11.1 Å². The van der Waals surface area contributed by atoms with E-state index >= 15 is 0 Å². The van der Waals surface area contributed by atoms with Crippen LogP contribution in [0.15, 0.2) is 207 Å². The van der Waals surface area contributed by atoms with Gasteiger partial charge in [0.15, 0.2) is 5.84 Å². The van der Waals surface area contributed by atoms with Crippen LogP contribution in [0.1, 0.15) is 16.7 Å². The molecule has 0 unspecified atom stereocenters. The third-order valence-electron chi connectivity index (χ3n) is 10.4. The Morgan fingerprint density at radius 1 is 0.429 bits per heavy atom. The number of aliphatic imine (C=N–C) groups is 2. The highest BCUT2D eigenvalue weighted by Crippen LogP contribution is 2.43. The standard InChI is InChI=1S/C51H35N3O2/c52-50(35-16-6-2-7-17-35)54-51(36-18-8-3-9-19-36)53-32-33-26-27-42-46(28-33)56-45-25-13-23-40(48(42)45)39-30-43(49-41-22-10-11-24-44(41)55-47(49)31-39)38-21-12-20-37(29-38)34-14-4-1-5-15-34/h1-31H,32H2,(H2,52,53,54). The first-order valence-corrected chi connectivity index (χ1v) is 18.7. The van der Waals surface area contributed by atoms with Crippen molar-refractivity contribution in [1.29, 1.82) is 0 Å². The summed E-state index contributed by atoms with van der Waals surface area (Å²) in [5.74, 6) is 0.992. The molecule has 0 aliphatic heterocycles. The zero-order valence-corrected chi connectivity index (χ0v) is 30.4. The summed E-state index contributed by atoms with van der Waals surface area (Å²) < 4.78 is 13.1. The van der Waals surface area contributed by atoms with Gasteiger partial charge in [-0.2, -0.15) is 0 Å². The quantitative estimate of drug-likeness (QED) is 0.131. The van der Waals surface area contributed by atoms with Gasteiger partial charge in [-0.15, -0.1) is 0 Å². The molecule has 0 bridgehead atoms. The van der Waals surface area contributed by atoms with Gasteiger partial charge in [-0.25, -0.2) is 4.99 Å². The van der Waals surface area contributed by atoms with E-state index in [9.17, 15) is 0 Å². The maximum atomic E-state index is 6.56. The molecule has 10 rings (SSSR count). The Labute approximate surface area is 323 Å². The van der Waals surface area contributed by atoms with E-state index in [0.717, 1.165) is 82.8 Å². The summed E-state index contributed by atoms with van der Waals surface area (Å²) in [6, 6.07) is 64.3. The first-order valence-electron chi connectivity index (χ1n) is 18.7. The van der Waals surface area contributed by atoms with Gasteiger partial charge >= 0.3 is 0 Å². The number of furan rings is 2. The highest BCUT2D eigenvalue weighted by Gasteiger charge is 2.19. The Balaban J connectivity index is 1.08. The maximum Gasteiger partial charge on any atom is 0.157 e. The Morgan fingerprint density at radius 3 is 1.88 bits per heavy atom. The fourth-order valence-corrected chi connectivity index (χ4v) is 7.68. The van der Waals surface area contributed by atoms with Crippen LogP contribution < -0.4 is 5.73 Å². The van der Waals surface area contributed by atoms with Crippen LogP contribution in [0.2, 0.25) is 0 Å². The highest BCUT2D eigenvalue weighted by atomic mass is 16.3. The summed E-state index contributed by atoms with van der Waals surface area (Å²) in [4.78, 5) is 9.74. The molecular formula is C51H35N3O2. The number of benzene rings is 8. The van der Waals surface area contributed by atoms with Crippen molar-refractivity contribution < 1.29 is 8.83 Å². The van der Waals surface area contributed by atoms with Crippen molar-refractivity contribution in [2.75, 3.05) is 0 Å². The van der Waals surface area contributed by atoms with Crippen molar-refractivity contribution in [3.63, 3.8) is 0 Å². The molecule has 0 saturated heterocycles. The minimum atomic E-state index is 0.407. The Kier molecular flexibility index (Phi) is 8.30. The third-order valence-corrected chi connectivity index (χ3v) is 10.4. The van der Waals surface area contributed by atoms with Gasteiger partial charge in [-0.1, -0.05) is 152 Å². The van der Waals surface area contributed by atoms with Gasteiger partial charge in [-0.05, 0) is 75.3 Å². The number of hydrogen-bond acceptors (Lipinski definition) is 3. The van der Waals surface area contributed by atoms with E-state index in [1.807, 2.05) is 78.9 Å². The smallest absolute Gasteiger partial charge is 0.157 e. The van der Waals surface area contributed by atoms with Gasteiger partial charge in [0.25, 0.3) is 0 Å². The number of hydrogen-bond donors (Lipinski definition) is 1. The number of rotatable bonds is 7. The van der Waals surface area contributed by atoms with Gasteiger partial charge in [0, 0.05) is 32.7 Å². The van der Waals surface area contributed by atoms with Crippen LogP contribution in [0.25, 0.3) is 77.3 Å². The van der Waals surface area contributed by atoms with Crippen molar-refractivity contribution in [3.8, 4) is 33.4 Å². The molecule has 0 aliphatic rings. The Hall–Kier alpha value is -7.50. The lowest BCUT2D eigenvalue weighted by atomic mass is 9.91. The fourth-order valence-electron chi connectivity index (χ4n) is 7.68. The molecule has 2 aromatic heterocycles. The lowest BCUT2D eigenvalue weighted by Gasteiger charge is -2.11. The van der Waals surface area contributed by atoms with E-state index in [2.05, 4.69) is 109 Å². The van der Waals surface area contributed by atoms with Crippen LogP contribution in [0.5, 0.6) is 0 Å². The van der Waals surface area contributed by atoms with Crippen LogP contribution in [0.3, 0.4) is 0 Å². The van der Waals surface area contributed by atoms with Crippen molar-refractivity contribution in [3.05, 3.63) is 205 Å². The van der Waals surface area contributed by atoms with Gasteiger partial charge in [0.1, 0.15) is 28.2 Å². The van der Waals surface area contributed by atoms with Crippen LogP contribution in [-0.4, -0.2) is 11.7 Å².